The van der Waals surface area contributed by atoms with E-state index in [0.717, 1.165) is 6.08 Å². The number of benzene rings is 2. The average Bonchev–Trinajstić information content (AvgIpc) is 2.78. The summed E-state index contributed by atoms with van der Waals surface area (Å²) in [5.74, 6) is -0.00618. The first-order valence-electron chi connectivity index (χ1n) is 10.1. The molecule has 0 saturated carbocycles. The molecule has 0 spiro atoms. The first-order chi connectivity index (χ1) is 15.9. The Labute approximate surface area is 198 Å². The van der Waals surface area contributed by atoms with Crippen LogP contribution in [-0.4, -0.2) is 41.4 Å². The number of nitrogens with one attached hydrogen (secondary N) is 3. The maximum atomic E-state index is 14.3. The van der Waals surface area contributed by atoms with E-state index in [0.29, 0.717) is 58.7 Å². The van der Waals surface area contributed by atoms with E-state index in [1.807, 2.05) is 0 Å². The minimum absolute atomic E-state index is 0.0620. The minimum atomic E-state index is -0.449. The number of anilines is 3. The fraction of sp³-hybridized carbons (Fsp3) is 0.217. The number of ether oxygens (including phenoxy) is 1. The third-order valence-corrected chi connectivity index (χ3v) is 4.99. The largest absolute Gasteiger partial charge is 0.491 e. The van der Waals surface area contributed by atoms with Crippen LogP contribution in [0.2, 0.25) is 0 Å². The smallest absolute Gasteiger partial charge is 0.247 e. The van der Waals surface area contributed by atoms with E-state index in [1.54, 1.807) is 24.3 Å². The second-order valence-electron chi connectivity index (χ2n) is 7.11. The summed E-state index contributed by atoms with van der Waals surface area (Å²) in [5.41, 5.74) is 1.19. The van der Waals surface area contributed by atoms with Gasteiger partial charge in [0.1, 0.15) is 29.5 Å². The van der Waals surface area contributed by atoms with Crippen molar-refractivity contribution in [2.24, 2.45) is 0 Å². The van der Waals surface area contributed by atoms with Crippen LogP contribution in [0.5, 0.6) is 5.75 Å². The summed E-state index contributed by atoms with van der Waals surface area (Å²) in [6, 6.07) is 7.99. The first-order valence-corrected chi connectivity index (χ1v) is 10.9. The number of amides is 1. The second-order valence-corrected chi connectivity index (χ2v) is 8.03. The third kappa shape index (κ3) is 6.80. The van der Waals surface area contributed by atoms with Crippen molar-refractivity contribution in [3.63, 3.8) is 0 Å². The number of hydrogen-bond acceptors (Lipinski definition) is 7. The van der Waals surface area contributed by atoms with Gasteiger partial charge < -0.3 is 20.7 Å². The van der Waals surface area contributed by atoms with Gasteiger partial charge in [-0.05, 0) is 50.2 Å². The number of aromatic nitrogens is 2. The van der Waals surface area contributed by atoms with Crippen LogP contribution in [0.25, 0.3) is 10.9 Å². The maximum absolute atomic E-state index is 14.3. The normalized spacial score (nSPS) is 10.6. The predicted molar refractivity (Wildman–Crippen MR) is 129 cm³/mol. The van der Waals surface area contributed by atoms with E-state index in [4.69, 9.17) is 4.74 Å². The van der Waals surface area contributed by atoms with E-state index in [2.05, 4.69) is 48.4 Å². The number of Topliss-reactive ketones (excluding diaryl/α,β-unsaturated/α-hetero) is 1. The predicted octanol–water partition coefficient (Wildman–Crippen LogP) is 4.35. The summed E-state index contributed by atoms with van der Waals surface area (Å²) in [4.78, 5) is 31.5. The molecule has 10 heteroatoms. The summed E-state index contributed by atoms with van der Waals surface area (Å²) in [7, 11) is 0. The van der Waals surface area contributed by atoms with Gasteiger partial charge in [0, 0.05) is 15.9 Å². The van der Waals surface area contributed by atoms with Crippen molar-refractivity contribution in [2.45, 2.75) is 13.3 Å². The molecule has 3 rings (SSSR count). The summed E-state index contributed by atoms with van der Waals surface area (Å²) in [6.45, 7) is 6.27. The van der Waals surface area contributed by atoms with Crippen molar-refractivity contribution in [2.75, 3.05) is 30.3 Å². The van der Waals surface area contributed by atoms with Gasteiger partial charge in [0.2, 0.25) is 5.91 Å². The Bertz CT molecular complexity index is 1190. The van der Waals surface area contributed by atoms with Crippen molar-refractivity contribution in [1.29, 1.82) is 0 Å². The Morgan fingerprint density at radius 1 is 1.21 bits per heavy atom. The number of ketones is 1. The molecule has 0 radical (unpaired) electrons. The molecule has 3 N–H and O–H groups in total. The number of carbonyl (C=O) groups is 2. The van der Waals surface area contributed by atoms with Crippen LogP contribution in [0.4, 0.5) is 21.6 Å². The lowest BCUT2D eigenvalue weighted by atomic mass is 10.1. The quantitative estimate of drug-likeness (QED) is 0.257. The molecule has 1 amide bonds. The molecule has 0 bridgehead atoms. The van der Waals surface area contributed by atoms with Gasteiger partial charge in [-0.15, -0.1) is 0 Å². The van der Waals surface area contributed by atoms with Gasteiger partial charge in [-0.1, -0.05) is 22.5 Å². The highest BCUT2D eigenvalue weighted by molar-refractivity contribution is 9.10. The van der Waals surface area contributed by atoms with Crippen LogP contribution >= 0.6 is 15.9 Å². The fourth-order valence-electron chi connectivity index (χ4n) is 2.95. The second kappa shape index (κ2) is 11.5. The molecule has 0 fully saturated rings. The number of carbonyl (C=O) groups excluding carboxylic acids is 2. The molecule has 3 aromatic rings. The number of hydrogen-bond donors (Lipinski definition) is 3. The van der Waals surface area contributed by atoms with Crippen LogP contribution in [0.1, 0.15) is 13.3 Å². The molecule has 0 saturated heterocycles. The summed E-state index contributed by atoms with van der Waals surface area (Å²) < 4.78 is 20.8. The Balaban J connectivity index is 1.87. The molecular weight excluding hydrogens is 493 g/mol. The van der Waals surface area contributed by atoms with Crippen LogP contribution in [0.15, 0.2) is 53.8 Å². The van der Waals surface area contributed by atoms with E-state index in [-0.39, 0.29) is 11.5 Å². The Hall–Kier alpha value is -3.37. The summed E-state index contributed by atoms with van der Waals surface area (Å²) in [5, 5.41) is 9.28. The van der Waals surface area contributed by atoms with Crippen molar-refractivity contribution in [1.82, 2.24) is 15.3 Å². The topological polar surface area (TPSA) is 105 Å². The number of halogens is 2. The van der Waals surface area contributed by atoms with Crippen LogP contribution in [-0.2, 0) is 9.59 Å². The standard InChI is InChI=1S/C23H23BrFN5O3/c1-3-22(32)29-20-10-16-19(11-21(20)33-8-4-7-26-12-14(2)31)27-13-28-23(16)30-18-6-5-15(24)9-17(18)25/h3,5-6,9-11,13,26H,1,4,7-8,12H2,2H3,(H,29,32)(H,27,28,30). The molecule has 2 aromatic carbocycles. The molecule has 0 atom stereocenters. The highest BCUT2D eigenvalue weighted by Gasteiger charge is 2.14. The van der Waals surface area contributed by atoms with Gasteiger partial charge in [0.25, 0.3) is 0 Å². The van der Waals surface area contributed by atoms with Gasteiger partial charge in [-0.2, -0.15) is 0 Å². The highest BCUT2D eigenvalue weighted by Crippen LogP contribution is 2.34. The molecule has 0 unspecified atom stereocenters. The van der Waals surface area contributed by atoms with Crippen molar-refractivity contribution in [3.8, 4) is 5.75 Å². The lowest BCUT2D eigenvalue weighted by Crippen LogP contribution is -2.23. The summed E-state index contributed by atoms with van der Waals surface area (Å²) >= 11 is 3.23. The Morgan fingerprint density at radius 3 is 2.76 bits per heavy atom. The van der Waals surface area contributed by atoms with E-state index < -0.39 is 11.7 Å². The lowest BCUT2D eigenvalue weighted by Gasteiger charge is -2.15. The SMILES string of the molecule is C=CC(=O)Nc1cc2c(Nc3ccc(Br)cc3F)ncnc2cc1OCCCNCC(C)=O. The number of rotatable bonds is 11. The minimum Gasteiger partial charge on any atom is -0.491 e. The van der Waals surface area contributed by atoms with Gasteiger partial charge >= 0.3 is 0 Å². The molecule has 172 valence electrons. The zero-order valence-electron chi connectivity index (χ0n) is 18.0. The number of fused-ring (bicyclic) bond motifs is 1. The van der Waals surface area contributed by atoms with Crippen molar-refractivity contribution in [3.05, 3.63) is 59.6 Å². The molecular formula is C23H23BrFN5O3. The number of nitrogens with zero attached hydrogens (tertiary/aromatic N) is 2. The van der Waals surface area contributed by atoms with E-state index in [1.165, 1.54) is 19.3 Å². The average molecular weight is 516 g/mol. The van der Waals surface area contributed by atoms with Gasteiger partial charge in [-0.3, -0.25) is 9.59 Å². The molecule has 8 nitrogen and oxygen atoms in total. The molecule has 0 aliphatic carbocycles. The molecule has 1 heterocycles. The monoisotopic (exact) mass is 515 g/mol. The van der Waals surface area contributed by atoms with Crippen LogP contribution in [0, 0.1) is 5.82 Å². The molecule has 0 aliphatic rings. The third-order valence-electron chi connectivity index (χ3n) is 4.49. The summed E-state index contributed by atoms with van der Waals surface area (Å²) in [6.07, 6.45) is 3.16. The maximum Gasteiger partial charge on any atom is 0.247 e. The van der Waals surface area contributed by atoms with Crippen molar-refractivity contribution < 1.29 is 18.7 Å². The van der Waals surface area contributed by atoms with Gasteiger partial charge in [-0.25, -0.2) is 14.4 Å². The van der Waals surface area contributed by atoms with Crippen LogP contribution < -0.4 is 20.7 Å². The Morgan fingerprint density at radius 2 is 2.03 bits per heavy atom. The van der Waals surface area contributed by atoms with E-state index in [9.17, 15) is 14.0 Å². The molecule has 0 aliphatic heterocycles. The van der Waals surface area contributed by atoms with E-state index >= 15 is 0 Å². The Kier molecular flexibility index (Phi) is 8.45. The zero-order chi connectivity index (χ0) is 23.8. The van der Waals surface area contributed by atoms with Crippen LogP contribution in [0.3, 0.4) is 0 Å². The molecule has 1 aromatic heterocycles. The van der Waals surface area contributed by atoms with Crippen molar-refractivity contribution >= 4 is 55.7 Å². The first kappa shape index (κ1) is 24.3. The van der Waals surface area contributed by atoms with Gasteiger partial charge in [0.15, 0.2) is 0 Å². The lowest BCUT2D eigenvalue weighted by molar-refractivity contribution is -0.116. The zero-order valence-corrected chi connectivity index (χ0v) is 19.5. The molecule has 33 heavy (non-hydrogen) atoms. The van der Waals surface area contributed by atoms with Gasteiger partial charge in [0.05, 0.1) is 30.0 Å². The fourth-order valence-corrected chi connectivity index (χ4v) is 3.28. The highest BCUT2D eigenvalue weighted by atomic mass is 79.9.